The molecule has 0 heterocycles. The van der Waals surface area contributed by atoms with E-state index in [0.29, 0.717) is 25.1 Å². The number of nitrogens with one attached hydrogen (secondary N) is 2. The lowest BCUT2D eigenvalue weighted by molar-refractivity contribution is -0.142. The largest absolute Gasteiger partial charge is 0.508 e. The van der Waals surface area contributed by atoms with Crippen molar-refractivity contribution in [3.8, 4) is 5.75 Å². The number of hydrogen-bond acceptors (Lipinski definition) is 5. The van der Waals surface area contributed by atoms with Gasteiger partial charge >= 0.3 is 6.09 Å². The van der Waals surface area contributed by atoms with Crippen LogP contribution in [0.3, 0.4) is 0 Å². The Labute approximate surface area is 233 Å². The van der Waals surface area contributed by atoms with Crippen LogP contribution in [-0.2, 0) is 20.7 Å². The van der Waals surface area contributed by atoms with Crippen molar-refractivity contribution in [2.24, 2.45) is 0 Å². The first-order valence-electron chi connectivity index (χ1n) is 14.0. The summed E-state index contributed by atoms with van der Waals surface area (Å²) in [5.74, 6) is -0.516. The molecule has 0 aliphatic rings. The molecular weight excluding hydrogens is 494 g/mol. The summed E-state index contributed by atoms with van der Waals surface area (Å²) >= 11 is 0. The molecule has 0 radical (unpaired) electrons. The fraction of sp³-hybridized carbons (Fsp3) is 0.516. The summed E-state index contributed by atoms with van der Waals surface area (Å²) in [6.07, 6.45) is 3.87. The van der Waals surface area contributed by atoms with Gasteiger partial charge in [-0.15, -0.1) is 0 Å². The maximum atomic E-state index is 14.2. The number of rotatable bonds is 14. The SMILES string of the molecule is CCCCCNC(=O)C(c1ccccc1)N(CCCC)C(=O)C(Cc1ccc(O)cc1)NC(=O)OC(C)(C)C. The Balaban J connectivity index is 2.46. The highest BCUT2D eigenvalue weighted by Crippen LogP contribution is 2.24. The van der Waals surface area contributed by atoms with Crippen LogP contribution in [-0.4, -0.2) is 52.6 Å². The molecule has 8 heteroatoms. The third kappa shape index (κ3) is 11.0. The molecule has 0 saturated carbocycles. The minimum Gasteiger partial charge on any atom is -0.508 e. The van der Waals surface area contributed by atoms with Crippen LogP contribution in [0.5, 0.6) is 5.75 Å². The molecule has 0 aromatic heterocycles. The third-order valence-corrected chi connectivity index (χ3v) is 6.16. The molecular formula is C31H45N3O5. The van der Waals surface area contributed by atoms with Crippen molar-refractivity contribution in [2.75, 3.05) is 13.1 Å². The number of phenols is 1. The lowest BCUT2D eigenvalue weighted by atomic mass is 9.99. The van der Waals surface area contributed by atoms with Gasteiger partial charge in [-0.25, -0.2) is 4.79 Å². The Bertz CT molecular complexity index is 1030. The number of amides is 3. The van der Waals surface area contributed by atoms with Crippen LogP contribution in [0.1, 0.15) is 83.9 Å². The number of benzene rings is 2. The highest BCUT2D eigenvalue weighted by atomic mass is 16.6. The second-order valence-corrected chi connectivity index (χ2v) is 10.8. The van der Waals surface area contributed by atoms with Gasteiger partial charge in [0.05, 0.1) is 0 Å². The fourth-order valence-corrected chi connectivity index (χ4v) is 4.20. The highest BCUT2D eigenvalue weighted by molar-refractivity contribution is 5.92. The van der Waals surface area contributed by atoms with E-state index in [1.54, 1.807) is 37.8 Å². The molecule has 2 aromatic rings. The smallest absolute Gasteiger partial charge is 0.408 e. The topological polar surface area (TPSA) is 108 Å². The van der Waals surface area contributed by atoms with E-state index < -0.39 is 23.8 Å². The maximum Gasteiger partial charge on any atom is 0.408 e. The molecule has 0 bridgehead atoms. The minimum absolute atomic E-state index is 0.107. The first kappa shape index (κ1) is 31.7. The van der Waals surface area contributed by atoms with Gasteiger partial charge in [0.25, 0.3) is 0 Å². The summed E-state index contributed by atoms with van der Waals surface area (Å²) in [5, 5.41) is 15.5. The fourth-order valence-electron chi connectivity index (χ4n) is 4.20. The lowest BCUT2D eigenvalue weighted by Crippen LogP contribution is -2.54. The monoisotopic (exact) mass is 539 g/mol. The standard InChI is InChI=1S/C31H45N3O5/c1-6-8-13-20-32-28(36)27(24-14-11-10-12-15-24)34(21-9-7-2)29(37)26(33-30(38)39-31(3,4)5)22-23-16-18-25(35)19-17-23/h10-12,14-19,26-27,35H,6-9,13,20-22H2,1-5H3,(H,32,36)(H,33,38). The van der Waals surface area contributed by atoms with Crippen LogP contribution in [0.4, 0.5) is 4.79 Å². The van der Waals surface area contributed by atoms with Gasteiger partial charge < -0.3 is 25.4 Å². The van der Waals surface area contributed by atoms with E-state index in [0.717, 1.165) is 31.2 Å². The molecule has 8 nitrogen and oxygen atoms in total. The van der Waals surface area contributed by atoms with Crippen LogP contribution in [0.25, 0.3) is 0 Å². The Morgan fingerprint density at radius 2 is 1.56 bits per heavy atom. The van der Waals surface area contributed by atoms with Gasteiger partial charge in [0.2, 0.25) is 11.8 Å². The second-order valence-electron chi connectivity index (χ2n) is 10.8. The summed E-state index contributed by atoms with van der Waals surface area (Å²) in [5.41, 5.74) is 0.705. The zero-order valence-electron chi connectivity index (χ0n) is 24.0. The van der Waals surface area contributed by atoms with E-state index in [1.807, 2.05) is 37.3 Å². The van der Waals surface area contributed by atoms with Gasteiger partial charge in [-0.3, -0.25) is 9.59 Å². The molecule has 3 amide bonds. The van der Waals surface area contributed by atoms with Crippen LogP contribution in [0, 0.1) is 0 Å². The van der Waals surface area contributed by atoms with E-state index in [-0.39, 0.29) is 24.0 Å². The number of alkyl carbamates (subject to hydrolysis) is 1. The van der Waals surface area contributed by atoms with Gasteiger partial charge in [-0.05, 0) is 56.9 Å². The normalized spacial score (nSPS) is 12.7. The molecule has 0 fully saturated rings. The van der Waals surface area contributed by atoms with E-state index in [2.05, 4.69) is 17.6 Å². The van der Waals surface area contributed by atoms with Crippen LogP contribution in [0.15, 0.2) is 54.6 Å². The maximum absolute atomic E-state index is 14.2. The molecule has 2 rings (SSSR count). The van der Waals surface area contributed by atoms with Gasteiger partial charge in [-0.2, -0.15) is 0 Å². The molecule has 2 aromatic carbocycles. The predicted octanol–water partition coefficient (Wildman–Crippen LogP) is 5.50. The molecule has 0 spiro atoms. The number of unbranched alkanes of at least 4 members (excludes halogenated alkanes) is 3. The number of phenolic OH excluding ortho intramolecular Hbond substituents is 1. The Hall–Kier alpha value is -3.55. The van der Waals surface area contributed by atoms with Crippen molar-refractivity contribution in [2.45, 2.75) is 90.8 Å². The van der Waals surface area contributed by atoms with Crippen molar-refractivity contribution in [3.05, 3.63) is 65.7 Å². The number of carbonyl (C=O) groups excluding carboxylic acids is 3. The Morgan fingerprint density at radius 3 is 2.15 bits per heavy atom. The predicted molar refractivity (Wildman–Crippen MR) is 153 cm³/mol. The summed E-state index contributed by atoms with van der Waals surface area (Å²) in [4.78, 5) is 42.2. The average Bonchev–Trinajstić information content (AvgIpc) is 2.89. The second kappa shape index (κ2) is 15.8. The molecule has 0 aliphatic carbocycles. The molecule has 3 N–H and O–H groups in total. The number of nitrogens with zero attached hydrogens (tertiary/aromatic N) is 1. The van der Waals surface area contributed by atoms with Crippen LogP contribution in [0.2, 0.25) is 0 Å². The average molecular weight is 540 g/mol. The molecule has 39 heavy (non-hydrogen) atoms. The van der Waals surface area contributed by atoms with Crippen molar-refractivity contribution < 1.29 is 24.2 Å². The molecule has 2 unspecified atom stereocenters. The van der Waals surface area contributed by atoms with Gasteiger partial charge in [0.15, 0.2) is 0 Å². The lowest BCUT2D eigenvalue weighted by Gasteiger charge is -2.34. The van der Waals surface area contributed by atoms with E-state index >= 15 is 0 Å². The molecule has 2 atom stereocenters. The number of ether oxygens (including phenoxy) is 1. The summed E-state index contributed by atoms with van der Waals surface area (Å²) < 4.78 is 5.46. The quantitative estimate of drug-likeness (QED) is 0.275. The van der Waals surface area contributed by atoms with E-state index in [1.165, 1.54) is 12.1 Å². The Kier molecular flexibility index (Phi) is 12.8. The van der Waals surface area contributed by atoms with Crippen molar-refractivity contribution in [3.63, 3.8) is 0 Å². The van der Waals surface area contributed by atoms with E-state index in [4.69, 9.17) is 4.74 Å². The first-order chi connectivity index (χ1) is 18.6. The first-order valence-corrected chi connectivity index (χ1v) is 14.0. The third-order valence-electron chi connectivity index (χ3n) is 6.16. The van der Waals surface area contributed by atoms with Crippen molar-refractivity contribution in [1.82, 2.24) is 15.5 Å². The summed E-state index contributed by atoms with van der Waals surface area (Å²) in [7, 11) is 0. The number of aromatic hydroxyl groups is 1. The zero-order chi connectivity index (χ0) is 28.8. The summed E-state index contributed by atoms with van der Waals surface area (Å²) in [6.45, 7) is 10.3. The summed E-state index contributed by atoms with van der Waals surface area (Å²) in [6, 6.07) is 13.9. The zero-order valence-corrected chi connectivity index (χ0v) is 24.0. The van der Waals surface area contributed by atoms with Gasteiger partial charge in [0, 0.05) is 19.5 Å². The number of hydrogen-bond donors (Lipinski definition) is 3. The van der Waals surface area contributed by atoms with Gasteiger partial charge in [0.1, 0.15) is 23.4 Å². The van der Waals surface area contributed by atoms with E-state index in [9.17, 15) is 19.5 Å². The molecule has 214 valence electrons. The molecule has 0 saturated heterocycles. The minimum atomic E-state index is -0.986. The van der Waals surface area contributed by atoms with Crippen LogP contribution >= 0.6 is 0 Å². The highest BCUT2D eigenvalue weighted by Gasteiger charge is 2.36. The van der Waals surface area contributed by atoms with Gasteiger partial charge in [-0.1, -0.05) is 75.6 Å². The van der Waals surface area contributed by atoms with Crippen molar-refractivity contribution in [1.29, 1.82) is 0 Å². The Morgan fingerprint density at radius 1 is 0.923 bits per heavy atom. The number of carbonyl (C=O) groups is 3. The molecule has 0 aliphatic heterocycles. The van der Waals surface area contributed by atoms with Crippen molar-refractivity contribution >= 4 is 17.9 Å². The van der Waals surface area contributed by atoms with Crippen LogP contribution < -0.4 is 10.6 Å².